The van der Waals surface area contributed by atoms with Gasteiger partial charge < -0.3 is 24.2 Å². The van der Waals surface area contributed by atoms with Crippen molar-refractivity contribution in [1.82, 2.24) is 4.90 Å². The third-order valence-electron chi connectivity index (χ3n) is 6.47. The van der Waals surface area contributed by atoms with Crippen molar-refractivity contribution in [2.75, 3.05) is 26.9 Å². The number of aliphatic hydroxyl groups excluding tert-OH is 1. The van der Waals surface area contributed by atoms with E-state index < -0.39 is 0 Å². The van der Waals surface area contributed by atoms with Crippen LogP contribution in [0.15, 0.2) is 53.0 Å². The van der Waals surface area contributed by atoms with Crippen LogP contribution in [0.3, 0.4) is 0 Å². The number of amidine groups is 1. The van der Waals surface area contributed by atoms with Crippen molar-refractivity contribution in [2.45, 2.75) is 58.4 Å². The lowest BCUT2D eigenvalue weighted by Crippen LogP contribution is -2.26. The molecule has 188 valence electrons. The molecule has 0 radical (unpaired) electrons. The molecule has 7 heteroatoms. The summed E-state index contributed by atoms with van der Waals surface area (Å²) in [6, 6.07) is 3.21. The van der Waals surface area contributed by atoms with Gasteiger partial charge in [0, 0.05) is 23.2 Å². The fraction of sp³-hybridized carbons (Fsp3) is 0.500. The lowest BCUT2D eigenvalue weighted by atomic mass is 9.84. The summed E-state index contributed by atoms with van der Waals surface area (Å²) in [7, 11) is 1.58. The van der Waals surface area contributed by atoms with Crippen molar-refractivity contribution in [1.29, 1.82) is 0 Å². The van der Waals surface area contributed by atoms with Gasteiger partial charge in [-0.25, -0.2) is 0 Å². The lowest BCUT2D eigenvalue weighted by Gasteiger charge is -2.25. The first-order chi connectivity index (χ1) is 16.6. The Balaban J connectivity index is 1.56. The molecular formula is C28H36N2O5. The van der Waals surface area contributed by atoms with Crippen LogP contribution in [-0.4, -0.2) is 54.6 Å². The first-order valence-electron chi connectivity index (χ1n) is 12.2. The zero-order valence-corrected chi connectivity index (χ0v) is 21.4. The van der Waals surface area contributed by atoms with Gasteiger partial charge in [0.2, 0.25) is 0 Å². The normalized spacial score (nSPS) is 19.6. The predicted octanol–water partition coefficient (Wildman–Crippen LogP) is 4.76. The summed E-state index contributed by atoms with van der Waals surface area (Å²) >= 11 is 0. The summed E-state index contributed by atoms with van der Waals surface area (Å²) < 4.78 is 17.3. The van der Waals surface area contributed by atoms with Gasteiger partial charge in [-0.05, 0) is 54.9 Å². The van der Waals surface area contributed by atoms with Crippen molar-refractivity contribution in [3.05, 3.63) is 59.1 Å². The number of carbonyl (C=O) groups is 1. The molecule has 1 aromatic carbocycles. The van der Waals surface area contributed by atoms with Gasteiger partial charge >= 0.3 is 0 Å². The zero-order valence-electron chi connectivity index (χ0n) is 21.4. The Kier molecular flexibility index (Phi) is 7.08. The Morgan fingerprint density at radius 2 is 2.00 bits per heavy atom. The molecule has 1 saturated carbocycles. The molecular weight excluding hydrogens is 444 g/mol. The van der Waals surface area contributed by atoms with E-state index in [4.69, 9.17) is 19.2 Å². The van der Waals surface area contributed by atoms with Crippen LogP contribution in [0, 0.1) is 5.92 Å². The molecule has 1 unspecified atom stereocenters. The van der Waals surface area contributed by atoms with Crippen LogP contribution >= 0.6 is 0 Å². The number of hydrogen-bond acceptors (Lipinski definition) is 7. The maximum absolute atomic E-state index is 13.5. The highest BCUT2D eigenvalue weighted by Gasteiger charge is 2.34. The average molecular weight is 481 g/mol. The van der Waals surface area contributed by atoms with E-state index in [-0.39, 0.29) is 36.9 Å². The highest BCUT2D eigenvalue weighted by atomic mass is 16.5. The van der Waals surface area contributed by atoms with E-state index in [1.807, 2.05) is 30.2 Å². The van der Waals surface area contributed by atoms with E-state index in [0.717, 1.165) is 35.0 Å². The molecule has 1 aromatic rings. The third-order valence-corrected chi connectivity index (χ3v) is 6.47. The maximum Gasteiger partial charge on any atom is 0.165 e. The molecule has 1 atom stereocenters. The third kappa shape index (κ3) is 5.45. The number of methoxy groups -OCH3 is 1. The van der Waals surface area contributed by atoms with Crippen LogP contribution in [0.25, 0.3) is 0 Å². The van der Waals surface area contributed by atoms with Gasteiger partial charge in [0.05, 0.1) is 32.6 Å². The van der Waals surface area contributed by atoms with Crippen LogP contribution in [0.5, 0.6) is 11.5 Å². The van der Waals surface area contributed by atoms with Gasteiger partial charge in [-0.2, -0.15) is 0 Å². The molecule has 4 rings (SSSR count). The van der Waals surface area contributed by atoms with Gasteiger partial charge in [-0.3, -0.25) is 9.79 Å². The summed E-state index contributed by atoms with van der Waals surface area (Å²) in [6.45, 7) is 13.1. The summed E-state index contributed by atoms with van der Waals surface area (Å²) in [5.41, 5.74) is 2.87. The lowest BCUT2D eigenvalue weighted by molar-refractivity contribution is 0.0977. The van der Waals surface area contributed by atoms with Gasteiger partial charge in [0.25, 0.3) is 0 Å². The molecule has 0 spiro atoms. The summed E-state index contributed by atoms with van der Waals surface area (Å²) in [4.78, 5) is 20.2. The minimum absolute atomic E-state index is 0.0573. The number of carbonyl (C=O) groups excluding carboxylic acids is 1. The summed E-state index contributed by atoms with van der Waals surface area (Å²) in [6.07, 6.45) is 6.58. The van der Waals surface area contributed by atoms with Crippen LogP contribution in [0.1, 0.15) is 62.9 Å². The molecule has 1 aliphatic carbocycles. The van der Waals surface area contributed by atoms with Gasteiger partial charge in [0.1, 0.15) is 18.2 Å². The van der Waals surface area contributed by atoms with Crippen LogP contribution in [0.4, 0.5) is 0 Å². The predicted molar refractivity (Wildman–Crippen MR) is 136 cm³/mol. The van der Waals surface area contributed by atoms with Crippen molar-refractivity contribution in [2.24, 2.45) is 10.9 Å². The molecule has 1 N–H and O–H groups in total. The standard InChI is InChI=1S/C28H36N2O5/c1-17-11-21(35-16-19-7-8-19)15-30-18(2)23(29-27(17)30)14-24(32)20-12-22(28(3,4)5)26(33-6)25(13-20)34-10-9-31/h11-13,15,19,23,31H,2,7-10,14,16H2,1,3-6H3. The number of hydrogen-bond donors (Lipinski definition) is 1. The molecule has 35 heavy (non-hydrogen) atoms. The van der Waals surface area contributed by atoms with Crippen LogP contribution in [-0.2, 0) is 10.2 Å². The first-order valence-corrected chi connectivity index (χ1v) is 12.2. The number of Topliss-reactive ketones (excluding diaryl/α,β-unsaturated/α-hetero) is 1. The van der Waals surface area contributed by atoms with E-state index in [1.165, 1.54) is 12.8 Å². The Hall–Kier alpha value is -3.06. The topological polar surface area (TPSA) is 80.6 Å². The molecule has 1 fully saturated rings. The second-order valence-corrected chi connectivity index (χ2v) is 10.4. The quantitative estimate of drug-likeness (QED) is 0.487. The second-order valence-electron chi connectivity index (χ2n) is 10.4. The Bertz CT molecular complexity index is 1110. The van der Waals surface area contributed by atoms with Crippen molar-refractivity contribution >= 4 is 11.6 Å². The largest absolute Gasteiger partial charge is 0.493 e. The van der Waals surface area contributed by atoms with Crippen molar-refractivity contribution < 1.29 is 24.1 Å². The molecule has 2 heterocycles. The zero-order chi connectivity index (χ0) is 25.3. The number of aliphatic hydroxyl groups is 1. The van der Waals surface area contributed by atoms with Crippen molar-refractivity contribution in [3.8, 4) is 11.5 Å². The second kappa shape index (κ2) is 9.90. The SMILES string of the molecule is C=C1C(CC(=O)c2cc(OCCO)c(OC)c(C(C)(C)C)c2)N=C2C(C)=CC(OCC3CC3)=CN12. The fourth-order valence-electron chi connectivity index (χ4n) is 4.29. The van der Waals surface area contributed by atoms with E-state index in [9.17, 15) is 9.90 Å². The van der Waals surface area contributed by atoms with Gasteiger partial charge in [0.15, 0.2) is 17.3 Å². The fourth-order valence-corrected chi connectivity index (χ4v) is 4.29. The first kappa shape index (κ1) is 25.0. The molecule has 0 bridgehead atoms. The average Bonchev–Trinajstić information content (AvgIpc) is 3.59. The van der Waals surface area contributed by atoms with Crippen LogP contribution < -0.4 is 9.47 Å². The highest BCUT2D eigenvalue weighted by Crippen LogP contribution is 2.40. The molecule has 3 aliphatic rings. The summed E-state index contributed by atoms with van der Waals surface area (Å²) in [5.74, 6) is 3.25. The number of rotatable bonds is 10. The minimum atomic E-state index is -0.359. The number of fused-ring (bicyclic) bond motifs is 1. The monoisotopic (exact) mass is 480 g/mol. The van der Waals surface area contributed by atoms with Gasteiger partial charge in [-0.1, -0.05) is 27.4 Å². The molecule has 2 aliphatic heterocycles. The number of aliphatic imine (C=N–C) groups is 1. The Labute approximate surface area is 207 Å². The van der Waals surface area contributed by atoms with E-state index in [0.29, 0.717) is 23.0 Å². The number of nitrogens with zero attached hydrogens (tertiary/aromatic N) is 2. The number of ether oxygens (including phenoxy) is 3. The van der Waals surface area contributed by atoms with E-state index in [2.05, 4.69) is 27.4 Å². The van der Waals surface area contributed by atoms with E-state index in [1.54, 1.807) is 13.2 Å². The molecule has 7 nitrogen and oxygen atoms in total. The Morgan fingerprint density at radius 3 is 2.63 bits per heavy atom. The maximum atomic E-state index is 13.5. The Morgan fingerprint density at radius 1 is 1.26 bits per heavy atom. The number of benzene rings is 1. The van der Waals surface area contributed by atoms with Crippen molar-refractivity contribution in [3.63, 3.8) is 0 Å². The van der Waals surface area contributed by atoms with Gasteiger partial charge in [-0.15, -0.1) is 0 Å². The number of ketones is 1. The smallest absolute Gasteiger partial charge is 0.165 e. The minimum Gasteiger partial charge on any atom is -0.493 e. The van der Waals surface area contributed by atoms with E-state index >= 15 is 0 Å². The molecule has 0 amide bonds. The highest BCUT2D eigenvalue weighted by molar-refractivity contribution is 6.04. The number of allylic oxidation sites excluding steroid dienone is 1. The molecule has 0 aromatic heterocycles. The molecule has 0 saturated heterocycles. The summed E-state index contributed by atoms with van der Waals surface area (Å²) in [5, 5.41) is 9.24. The van der Waals surface area contributed by atoms with Crippen LogP contribution in [0.2, 0.25) is 0 Å².